The number of benzene rings is 1. The van der Waals surface area contributed by atoms with E-state index in [1.807, 2.05) is 13.8 Å². The number of nitrogens with one attached hydrogen (secondary N) is 2. The van der Waals surface area contributed by atoms with Crippen molar-refractivity contribution >= 4 is 29.1 Å². The van der Waals surface area contributed by atoms with Gasteiger partial charge < -0.3 is 15.5 Å². The van der Waals surface area contributed by atoms with Crippen LogP contribution in [0.2, 0.25) is 0 Å². The van der Waals surface area contributed by atoms with E-state index in [-0.39, 0.29) is 5.91 Å². The van der Waals surface area contributed by atoms with E-state index in [4.69, 9.17) is 0 Å². The summed E-state index contributed by atoms with van der Waals surface area (Å²) in [4.78, 5) is 37.2. The van der Waals surface area contributed by atoms with Crippen molar-refractivity contribution in [1.82, 2.24) is 4.90 Å². The number of hydrogen-bond donors (Lipinski definition) is 2. The Morgan fingerprint density at radius 3 is 2.04 bits per heavy atom. The fourth-order valence-corrected chi connectivity index (χ4v) is 2.11. The van der Waals surface area contributed by atoms with Crippen LogP contribution in [0.5, 0.6) is 0 Å². The number of rotatable bonds is 7. The van der Waals surface area contributed by atoms with Gasteiger partial charge in [-0.2, -0.15) is 0 Å². The Bertz CT molecular complexity index is 552. The first-order valence-corrected chi connectivity index (χ1v) is 8.01. The molecule has 1 aromatic rings. The second-order valence-electron chi connectivity index (χ2n) is 5.23. The summed E-state index contributed by atoms with van der Waals surface area (Å²) in [5.74, 6) is -1.30. The smallest absolute Gasteiger partial charge is 0.313 e. The van der Waals surface area contributed by atoms with Crippen molar-refractivity contribution in [3.63, 3.8) is 0 Å². The second-order valence-corrected chi connectivity index (χ2v) is 5.23. The van der Waals surface area contributed by atoms with E-state index in [2.05, 4.69) is 10.6 Å². The van der Waals surface area contributed by atoms with Gasteiger partial charge in [0, 0.05) is 30.9 Å². The van der Waals surface area contributed by atoms with Crippen LogP contribution in [0.1, 0.15) is 40.0 Å². The molecule has 0 spiro atoms. The molecule has 0 radical (unpaired) electrons. The molecule has 0 aromatic heterocycles. The lowest BCUT2D eigenvalue weighted by atomic mass is 10.2. The lowest BCUT2D eigenvalue weighted by Crippen LogP contribution is -2.40. The largest absolute Gasteiger partial charge is 0.334 e. The van der Waals surface area contributed by atoms with Gasteiger partial charge in [0.15, 0.2) is 0 Å². The molecule has 1 rings (SSSR count). The van der Waals surface area contributed by atoms with Gasteiger partial charge in [-0.25, -0.2) is 0 Å². The van der Waals surface area contributed by atoms with Crippen molar-refractivity contribution in [3.8, 4) is 0 Å². The van der Waals surface area contributed by atoms with Gasteiger partial charge in [-0.15, -0.1) is 0 Å². The topological polar surface area (TPSA) is 78.5 Å². The molecule has 6 nitrogen and oxygen atoms in total. The molecular weight excluding hydrogens is 294 g/mol. The predicted octanol–water partition coefficient (Wildman–Crippen LogP) is 2.62. The fraction of sp³-hybridized carbons (Fsp3) is 0.471. The molecule has 0 aliphatic carbocycles. The van der Waals surface area contributed by atoms with Crippen LogP contribution in [0.15, 0.2) is 24.3 Å². The molecule has 0 saturated carbocycles. The molecule has 126 valence electrons. The second kappa shape index (κ2) is 9.61. The molecule has 3 amide bonds. The van der Waals surface area contributed by atoms with Crippen molar-refractivity contribution in [2.75, 3.05) is 23.7 Å². The van der Waals surface area contributed by atoms with E-state index in [1.54, 1.807) is 36.1 Å². The summed E-state index contributed by atoms with van der Waals surface area (Å²) in [5, 5.41) is 5.30. The molecule has 1 aromatic carbocycles. The average molecular weight is 319 g/mol. The summed E-state index contributed by atoms with van der Waals surface area (Å²) in [6.45, 7) is 6.82. The van der Waals surface area contributed by atoms with Gasteiger partial charge in [0.05, 0.1) is 0 Å². The zero-order valence-electron chi connectivity index (χ0n) is 14.0. The highest BCUT2D eigenvalue weighted by Crippen LogP contribution is 2.15. The van der Waals surface area contributed by atoms with Crippen LogP contribution in [0.4, 0.5) is 11.4 Å². The first kappa shape index (κ1) is 18.7. The number of nitrogens with zero attached hydrogens (tertiary/aromatic N) is 1. The third-order valence-corrected chi connectivity index (χ3v) is 3.19. The van der Waals surface area contributed by atoms with Crippen LogP contribution in [0.3, 0.4) is 0 Å². The number of carbonyl (C=O) groups excluding carboxylic acids is 3. The molecule has 0 saturated heterocycles. The summed E-state index contributed by atoms with van der Waals surface area (Å²) in [5.41, 5.74) is 1.06. The SMILES string of the molecule is CCCN(CCC)C(=O)C(=O)Nc1cccc(NC(=O)CC)c1. The molecular formula is C17H25N3O3. The quantitative estimate of drug-likeness (QED) is 0.758. The standard InChI is InChI=1S/C17H25N3O3/c1-4-10-20(11-5-2)17(23)16(22)19-14-9-7-8-13(12-14)18-15(21)6-3/h7-9,12H,4-6,10-11H2,1-3H3,(H,18,21)(H,19,22). The maximum atomic E-state index is 12.2. The molecule has 0 bridgehead atoms. The Labute approximate surface area is 137 Å². The Balaban J connectivity index is 2.74. The Hall–Kier alpha value is -2.37. The number of amides is 3. The van der Waals surface area contributed by atoms with Crippen LogP contribution in [0.25, 0.3) is 0 Å². The summed E-state index contributed by atoms with van der Waals surface area (Å²) < 4.78 is 0. The van der Waals surface area contributed by atoms with Crippen LogP contribution >= 0.6 is 0 Å². The van der Waals surface area contributed by atoms with Crippen LogP contribution in [-0.4, -0.2) is 35.7 Å². The summed E-state index contributed by atoms with van der Waals surface area (Å²) in [6, 6.07) is 6.74. The van der Waals surface area contributed by atoms with Gasteiger partial charge >= 0.3 is 11.8 Å². The Morgan fingerprint density at radius 2 is 1.52 bits per heavy atom. The van der Waals surface area contributed by atoms with E-state index in [0.29, 0.717) is 30.9 Å². The van der Waals surface area contributed by atoms with E-state index in [1.165, 1.54) is 0 Å². The van der Waals surface area contributed by atoms with Crippen molar-refractivity contribution in [1.29, 1.82) is 0 Å². The van der Waals surface area contributed by atoms with E-state index < -0.39 is 11.8 Å². The first-order chi connectivity index (χ1) is 11.0. The zero-order chi connectivity index (χ0) is 17.2. The number of hydrogen-bond acceptors (Lipinski definition) is 3. The molecule has 0 fully saturated rings. The summed E-state index contributed by atoms with van der Waals surface area (Å²) in [7, 11) is 0. The highest BCUT2D eigenvalue weighted by molar-refractivity contribution is 6.39. The van der Waals surface area contributed by atoms with Crippen molar-refractivity contribution < 1.29 is 14.4 Å². The van der Waals surface area contributed by atoms with Gasteiger partial charge in [0.25, 0.3) is 0 Å². The Kier molecular flexibility index (Phi) is 7.80. The number of carbonyl (C=O) groups is 3. The molecule has 23 heavy (non-hydrogen) atoms. The normalized spacial score (nSPS) is 10.0. The first-order valence-electron chi connectivity index (χ1n) is 8.01. The lowest BCUT2D eigenvalue weighted by Gasteiger charge is -2.20. The predicted molar refractivity (Wildman–Crippen MR) is 91.2 cm³/mol. The zero-order valence-corrected chi connectivity index (χ0v) is 14.0. The van der Waals surface area contributed by atoms with E-state index >= 15 is 0 Å². The van der Waals surface area contributed by atoms with E-state index in [9.17, 15) is 14.4 Å². The van der Waals surface area contributed by atoms with Gasteiger partial charge in [0.1, 0.15) is 0 Å². The van der Waals surface area contributed by atoms with Gasteiger partial charge in [-0.3, -0.25) is 14.4 Å². The van der Waals surface area contributed by atoms with Gasteiger partial charge in [-0.1, -0.05) is 26.8 Å². The van der Waals surface area contributed by atoms with E-state index in [0.717, 1.165) is 12.8 Å². The third kappa shape index (κ3) is 6.10. The molecule has 6 heteroatoms. The minimum Gasteiger partial charge on any atom is -0.334 e. The molecule has 0 aliphatic heterocycles. The molecule has 0 heterocycles. The van der Waals surface area contributed by atoms with Crippen molar-refractivity contribution in [2.45, 2.75) is 40.0 Å². The summed E-state index contributed by atoms with van der Waals surface area (Å²) in [6.07, 6.45) is 1.98. The minimum atomic E-state index is -0.661. The van der Waals surface area contributed by atoms with Gasteiger partial charge in [0.2, 0.25) is 5.91 Å². The maximum Gasteiger partial charge on any atom is 0.313 e. The third-order valence-electron chi connectivity index (χ3n) is 3.19. The number of anilines is 2. The highest BCUT2D eigenvalue weighted by Gasteiger charge is 2.20. The van der Waals surface area contributed by atoms with Crippen LogP contribution in [-0.2, 0) is 14.4 Å². The molecule has 0 unspecified atom stereocenters. The van der Waals surface area contributed by atoms with Crippen LogP contribution in [0, 0.1) is 0 Å². The summed E-state index contributed by atoms with van der Waals surface area (Å²) >= 11 is 0. The molecule has 2 N–H and O–H groups in total. The fourth-order valence-electron chi connectivity index (χ4n) is 2.11. The lowest BCUT2D eigenvalue weighted by molar-refractivity contribution is -0.143. The maximum absolute atomic E-state index is 12.2. The van der Waals surface area contributed by atoms with Gasteiger partial charge in [-0.05, 0) is 31.0 Å². The average Bonchev–Trinajstić information content (AvgIpc) is 2.54. The van der Waals surface area contributed by atoms with Crippen molar-refractivity contribution in [3.05, 3.63) is 24.3 Å². The molecule has 0 aliphatic rings. The van der Waals surface area contributed by atoms with Crippen LogP contribution < -0.4 is 10.6 Å². The van der Waals surface area contributed by atoms with Crippen molar-refractivity contribution in [2.24, 2.45) is 0 Å². The monoisotopic (exact) mass is 319 g/mol. The molecule has 0 atom stereocenters. The minimum absolute atomic E-state index is 0.110. The highest BCUT2D eigenvalue weighted by atomic mass is 16.2. The Morgan fingerprint density at radius 1 is 0.957 bits per heavy atom.